The molecule has 6 nitrogen and oxygen atoms in total. The molecule has 3 N–H and O–H groups in total. The quantitative estimate of drug-likeness (QED) is 0.649. The molecule has 0 radical (unpaired) electrons. The third kappa shape index (κ3) is 2.69. The van der Waals surface area contributed by atoms with E-state index in [9.17, 15) is 9.59 Å². The smallest absolute Gasteiger partial charge is 0.272 e. The molecular weight excluding hydrogens is 364 g/mol. The highest BCUT2D eigenvalue weighted by Gasteiger charge is 2.43. The maximum atomic E-state index is 12.7. The van der Waals surface area contributed by atoms with Gasteiger partial charge >= 0.3 is 0 Å². The fourth-order valence-corrected chi connectivity index (χ4v) is 3.95. The number of rotatable bonds is 3. The van der Waals surface area contributed by atoms with Gasteiger partial charge in [-0.1, -0.05) is 41.9 Å². The van der Waals surface area contributed by atoms with Gasteiger partial charge in [0.25, 0.3) is 5.91 Å². The summed E-state index contributed by atoms with van der Waals surface area (Å²) < 4.78 is 0. The molecule has 7 heteroatoms. The number of amides is 2. The van der Waals surface area contributed by atoms with Crippen molar-refractivity contribution in [1.82, 2.24) is 10.4 Å². The number of carbonyl (C=O) groups is 2. The van der Waals surface area contributed by atoms with Crippen molar-refractivity contribution < 1.29 is 9.59 Å². The van der Waals surface area contributed by atoms with Gasteiger partial charge in [-0.3, -0.25) is 9.59 Å². The lowest BCUT2D eigenvalue weighted by Gasteiger charge is -2.08. The second-order valence-electron chi connectivity index (χ2n) is 6.85. The summed E-state index contributed by atoms with van der Waals surface area (Å²) in [6.45, 7) is 0. The van der Waals surface area contributed by atoms with Gasteiger partial charge in [-0.15, -0.1) is 0 Å². The fraction of sp³-hybridized carbons (Fsp3) is 0.150. The second kappa shape index (κ2) is 5.96. The lowest BCUT2D eigenvalue weighted by Crippen LogP contribution is -2.18. The highest BCUT2D eigenvalue weighted by molar-refractivity contribution is 6.35. The van der Waals surface area contributed by atoms with E-state index >= 15 is 0 Å². The molecule has 2 aromatic carbocycles. The summed E-state index contributed by atoms with van der Waals surface area (Å²) in [6.07, 6.45) is 2.35. The molecule has 1 saturated carbocycles. The number of benzene rings is 2. The van der Waals surface area contributed by atoms with Gasteiger partial charge in [0.05, 0.1) is 17.3 Å². The van der Waals surface area contributed by atoms with Crippen molar-refractivity contribution >= 4 is 46.2 Å². The Morgan fingerprint density at radius 3 is 2.85 bits per heavy atom. The number of hydrazone groups is 1. The van der Waals surface area contributed by atoms with E-state index in [1.165, 1.54) is 11.8 Å². The molecule has 1 aliphatic carbocycles. The first kappa shape index (κ1) is 16.1. The lowest BCUT2D eigenvalue weighted by molar-refractivity contribution is -0.117. The summed E-state index contributed by atoms with van der Waals surface area (Å²) in [5, 5.41) is 7.93. The van der Waals surface area contributed by atoms with Crippen molar-refractivity contribution in [2.75, 3.05) is 5.32 Å². The van der Waals surface area contributed by atoms with E-state index in [0.29, 0.717) is 32.9 Å². The molecule has 1 aliphatic heterocycles. The average molecular weight is 379 g/mol. The van der Waals surface area contributed by atoms with Gasteiger partial charge in [0.1, 0.15) is 5.15 Å². The third-order valence-corrected chi connectivity index (χ3v) is 5.41. The van der Waals surface area contributed by atoms with Crippen LogP contribution in [-0.4, -0.2) is 23.0 Å². The summed E-state index contributed by atoms with van der Waals surface area (Å²) in [4.78, 5) is 28.0. The van der Waals surface area contributed by atoms with Crippen LogP contribution in [0.1, 0.15) is 33.8 Å². The van der Waals surface area contributed by atoms with E-state index in [1.54, 1.807) is 12.1 Å². The van der Waals surface area contributed by atoms with Crippen LogP contribution >= 0.6 is 11.6 Å². The van der Waals surface area contributed by atoms with Crippen LogP contribution in [0.25, 0.3) is 10.9 Å². The fourth-order valence-electron chi connectivity index (χ4n) is 3.70. The zero-order chi connectivity index (χ0) is 18.5. The average Bonchev–Trinajstić information content (AvgIpc) is 3.42. The Labute approximate surface area is 159 Å². The normalized spacial score (nSPS) is 20.3. The number of hydrogen-bond acceptors (Lipinski definition) is 3. The Balaban J connectivity index is 1.44. The standard InChI is InChI=1S/C20H15ClN4O2/c21-18-15-9-22-25-20(27)14-6-11(7-16(24-18)17(14)15)23-19(26)13-8-12(13)10-4-2-1-3-5-10/h1-7,9,12-13,24H,8H2,(H,23,26)(H,25,27). The molecule has 0 saturated heterocycles. The van der Waals surface area contributed by atoms with Crippen LogP contribution in [0.15, 0.2) is 47.6 Å². The number of H-pyrrole nitrogens is 1. The van der Waals surface area contributed by atoms with Crippen molar-refractivity contribution in [3.63, 3.8) is 0 Å². The molecule has 5 rings (SSSR count). The van der Waals surface area contributed by atoms with E-state index in [0.717, 1.165) is 6.42 Å². The topological polar surface area (TPSA) is 86.3 Å². The molecule has 1 fully saturated rings. The molecular formula is C20H15ClN4O2. The Kier molecular flexibility index (Phi) is 3.55. The predicted octanol–water partition coefficient (Wildman–Crippen LogP) is 3.64. The van der Waals surface area contributed by atoms with E-state index < -0.39 is 0 Å². The minimum absolute atomic E-state index is 0.0430. The summed E-state index contributed by atoms with van der Waals surface area (Å²) in [7, 11) is 0. The molecule has 2 amide bonds. The zero-order valence-electron chi connectivity index (χ0n) is 14.1. The molecule has 0 spiro atoms. The first-order valence-corrected chi connectivity index (χ1v) is 9.04. The van der Waals surface area contributed by atoms with Gasteiger partial charge < -0.3 is 10.3 Å². The second-order valence-corrected chi connectivity index (χ2v) is 7.22. The molecule has 2 unspecified atom stereocenters. The summed E-state index contributed by atoms with van der Waals surface area (Å²) >= 11 is 6.23. The molecule has 27 heavy (non-hydrogen) atoms. The van der Waals surface area contributed by atoms with Crippen molar-refractivity contribution in [2.24, 2.45) is 11.0 Å². The van der Waals surface area contributed by atoms with Crippen LogP contribution in [0.4, 0.5) is 5.69 Å². The van der Waals surface area contributed by atoms with Crippen molar-refractivity contribution in [1.29, 1.82) is 0 Å². The summed E-state index contributed by atoms with van der Waals surface area (Å²) in [6, 6.07) is 13.5. The van der Waals surface area contributed by atoms with Gasteiger partial charge in [-0.2, -0.15) is 5.10 Å². The van der Waals surface area contributed by atoms with E-state index in [4.69, 9.17) is 11.6 Å². The maximum Gasteiger partial charge on any atom is 0.272 e. The van der Waals surface area contributed by atoms with Crippen molar-refractivity contribution in [2.45, 2.75) is 12.3 Å². The Morgan fingerprint density at radius 1 is 1.22 bits per heavy atom. The Bertz CT molecular complexity index is 1120. The number of aromatic nitrogens is 1. The van der Waals surface area contributed by atoms with Gasteiger partial charge in [-0.25, -0.2) is 5.43 Å². The predicted molar refractivity (Wildman–Crippen MR) is 104 cm³/mol. The van der Waals surface area contributed by atoms with Crippen LogP contribution < -0.4 is 10.7 Å². The van der Waals surface area contributed by atoms with Crippen LogP contribution in [-0.2, 0) is 4.79 Å². The van der Waals surface area contributed by atoms with E-state index in [1.807, 2.05) is 30.3 Å². The molecule has 2 atom stereocenters. The van der Waals surface area contributed by atoms with Crippen LogP contribution in [0.5, 0.6) is 0 Å². The Morgan fingerprint density at radius 2 is 2.04 bits per heavy atom. The monoisotopic (exact) mass is 378 g/mol. The number of hydrogen-bond donors (Lipinski definition) is 3. The largest absolute Gasteiger partial charge is 0.345 e. The van der Waals surface area contributed by atoms with Crippen molar-refractivity contribution in [3.05, 3.63) is 64.3 Å². The first-order valence-electron chi connectivity index (χ1n) is 8.66. The molecule has 2 aliphatic rings. The summed E-state index contributed by atoms with van der Waals surface area (Å²) in [5.74, 6) is -0.184. The number of aromatic amines is 1. The van der Waals surface area contributed by atoms with Crippen LogP contribution in [0, 0.1) is 5.92 Å². The SMILES string of the molecule is O=C1NN=Cc2c(Cl)[nH]c3cc(NC(=O)C4CC4c4ccccc4)cc1c23. The molecule has 0 bridgehead atoms. The highest BCUT2D eigenvalue weighted by Crippen LogP contribution is 2.48. The minimum atomic E-state index is -0.338. The van der Waals surface area contributed by atoms with Gasteiger partial charge in [0.2, 0.25) is 5.91 Å². The van der Waals surface area contributed by atoms with E-state index in [2.05, 4.69) is 20.8 Å². The zero-order valence-corrected chi connectivity index (χ0v) is 14.9. The molecule has 2 heterocycles. The van der Waals surface area contributed by atoms with Gasteiger partial charge in [0.15, 0.2) is 0 Å². The number of anilines is 1. The third-order valence-electron chi connectivity index (χ3n) is 5.12. The number of halogens is 1. The number of carbonyl (C=O) groups excluding carboxylic acids is 2. The van der Waals surface area contributed by atoms with E-state index in [-0.39, 0.29) is 23.7 Å². The van der Waals surface area contributed by atoms with Gasteiger partial charge in [0, 0.05) is 22.6 Å². The molecule has 134 valence electrons. The van der Waals surface area contributed by atoms with Crippen LogP contribution in [0.2, 0.25) is 5.15 Å². The van der Waals surface area contributed by atoms with Crippen molar-refractivity contribution in [3.8, 4) is 0 Å². The highest BCUT2D eigenvalue weighted by atomic mass is 35.5. The first-order chi connectivity index (χ1) is 13.1. The Hall–Kier alpha value is -3.12. The lowest BCUT2D eigenvalue weighted by atomic mass is 10.0. The maximum absolute atomic E-state index is 12.7. The van der Waals surface area contributed by atoms with Gasteiger partial charge in [-0.05, 0) is 30.0 Å². The number of nitrogens with one attached hydrogen (secondary N) is 3. The van der Waals surface area contributed by atoms with Crippen LogP contribution in [0.3, 0.4) is 0 Å². The molecule has 3 aromatic rings. The minimum Gasteiger partial charge on any atom is -0.345 e. The number of nitrogens with zero attached hydrogens (tertiary/aromatic N) is 1. The summed E-state index contributed by atoms with van der Waals surface area (Å²) in [5.41, 5.74) is 5.95. The molecule has 1 aromatic heterocycles.